The summed E-state index contributed by atoms with van der Waals surface area (Å²) in [6.07, 6.45) is 0. The Kier molecular flexibility index (Phi) is 10.3. The molecule has 10 nitrogen and oxygen atoms in total. The maximum Gasteiger partial charge on any atom is 0.414 e. The van der Waals surface area contributed by atoms with Crippen LogP contribution in [0.25, 0.3) is 0 Å². The van der Waals surface area contributed by atoms with Gasteiger partial charge in [-0.3, -0.25) is 9.80 Å². The third-order valence-corrected chi connectivity index (χ3v) is 5.88. The SMILES string of the molecule is COc1cc(CN2CCN(Cc3cccc(Oc4ccccc4)c3)CC2)cc(OC)c1O.O=C(O)C(=O)O. The van der Waals surface area contributed by atoms with Gasteiger partial charge in [0.1, 0.15) is 11.5 Å². The number of piperazine rings is 1. The quantitative estimate of drug-likeness (QED) is 0.375. The number of hydrogen-bond acceptors (Lipinski definition) is 8. The molecule has 0 spiro atoms. The van der Waals surface area contributed by atoms with Gasteiger partial charge in [-0.25, -0.2) is 9.59 Å². The number of phenols is 1. The van der Waals surface area contributed by atoms with Crippen LogP contribution in [-0.4, -0.2) is 77.5 Å². The van der Waals surface area contributed by atoms with E-state index < -0.39 is 11.9 Å². The van der Waals surface area contributed by atoms with Crippen LogP contribution in [0, 0.1) is 0 Å². The Hall–Kier alpha value is -4.28. The number of benzene rings is 3. The van der Waals surface area contributed by atoms with Gasteiger partial charge in [0.2, 0.25) is 5.75 Å². The molecule has 0 bridgehead atoms. The van der Waals surface area contributed by atoms with E-state index in [-0.39, 0.29) is 5.75 Å². The van der Waals surface area contributed by atoms with Gasteiger partial charge < -0.3 is 29.5 Å². The van der Waals surface area contributed by atoms with Crippen molar-refractivity contribution in [2.45, 2.75) is 13.1 Å². The number of para-hydroxylation sites is 1. The van der Waals surface area contributed by atoms with Crippen LogP contribution in [0.5, 0.6) is 28.7 Å². The Morgan fingerprint density at radius 3 is 1.71 bits per heavy atom. The van der Waals surface area contributed by atoms with Gasteiger partial charge in [-0.2, -0.15) is 0 Å². The Bertz CT molecular complexity index is 1170. The highest BCUT2D eigenvalue weighted by Crippen LogP contribution is 2.37. The van der Waals surface area contributed by atoms with Crippen molar-refractivity contribution in [1.29, 1.82) is 0 Å². The molecular weight excluding hydrogens is 492 g/mol. The first-order valence-corrected chi connectivity index (χ1v) is 12.0. The molecular formula is C28H32N2O8. The second kappa shape index (κ2) is 13.9. The third kappa shape index (κ3) is 8.39. The second-order valence-corrected chi connectivity index (χ2v) is 8.57. The monoisotopic (exact) mass is 524 g/mol. The number of aromatic hydroxyl groups is 1. The number of hydrogen-bond donors (Lipinski definition) is 3. The largest absolute Gasteiger partial charge is 0.502 e. The van der Waals surface area contributed by atoms with E-state index in [4.69, 9.17) is 34.0 Å². The lowest BCUT2D eigenvalue weighted by molar-refractivity contribution is -0.159. The number of nitrogens with zero attached hydrogens (tertiary/aromatic N) is 2. The molecule has 1 aliphatic rings. The van der Waals surface area contributed by atoms with E-state index in [1.807, 2.05) is 48.5 Å². The fourth-order valence-electron chi connectivity index (χ4n) is 3.99. The van der Waals surface area contributed by atoms with Crippen LogP contribution in [0.15, 0.2) is 66.7 Å². The fraction of sp³-hybridized carbons (Fsp3) is 0.286. The Morgan fingerprint density at radius 2 is 1.21 bits per heavy atom. The van der Waals surface area contributed by atoms with Crippen LogP contribution in [-0.2, 0) is 22.7 Å². The van der Waals surface area contributed by atoms with Gasteiger partial charge in [0.25, 0.3) is 0 Å². The van der Waals surface area contributed by atoms with Crippen LogP contribution in [0.4, 0.5) is 0 Å². The summed E-state index contributed by atoms with van der Waals surface area (Å²) >= 11 is 0. The van der Waals surface area contributed by atoms with Crippen LogP contribution in [0.2, 0.25) is 0 Å². The average molecular weight is 525 g/mol. The molecule has 0 unspecified atom stereocenters. The summed E-state index contributed by atoms with van der Waals surface area (Å²) in [4.78, 5) is 23.1. The molecule has 202 valence electrons. The topological polar surface area (TPSA) is 129 Å². The third-order valence-electron chi connectivity index (χ3n) is 5.88. The van der Waals surface area contributed by atoms with Crippen molar-refractivity contribution in [2.75, 3.05) is 40.4 Å². The fourth-order valence-corrected chi connectivity index (χ4v) is 3.99. The molecule has 0 aliphatic carbocycles. The molecule has 38 heavy (non-hydrogen) atoms. The number of aliphatic carboxylic acids is 2. The zero-order valence-electron chi connectivity index (χ0n) is 21.4. The minimum Gasteiger partial charge on any atom is -0.502 e. The first kappa shape index (κ1) is 28.3. The van der Waals surface area contributed by atoms with Crippen LogP contribution >= 0.6 is 0 Å². The predicted molar refractivity (Wildman–Crippen MR) is 140 cm³/mol. The summed E-state index contributed by atoms with van der Waals surface area (Å²) in [7, 11) is 3.11. The van der Waals surface area contributed by atoms with Gasteiger partial charge in [0, 0.05) is 39.3 Å². The van der Waals surface area contributed by atoms with Crippen molar-refractivity contribution in [3.8, 4) is 28.7 Å². The molecule has 0 aromatic heterocycles. The van der Waals surface area contributed by atoms with Crippen LogP contribution in [0.1, 0.15) is 11.1 Å². The highest BCUT2D eigenvalue weighted by Gasteiger charge is 2.19. The van der Waals surface area contributed by atoms with E-state index in [0.717, 1.165) is 56.3 Å². The maximum absolute atomic E-state index is 10.1. The minimum atomic E-state index is -1.82. The van der Waals surface area contributed by atoms with Gasteiger partial charge >= 0.3 is 11.9 Å². The molecule has 3 N–H and O–H groups in total. The van der Waals surface area contributed by atoms with Crippen molar-refractivity contribution < 1.29 is 39.1 Å². The van der Waals surface area contributed by atoms with Gasteiger partial charge in [0.05, 0.1) is 14.2 Å². The van der Waals surface area contributed by atoms with Crippen LogP contribution in [0.3, 0.4) is 0 Å². The number of methoxy groups -OCH3 is 2. The summed E-state index contributed by atoms with van der Waals surface area (Å²) in [6.45, 7) is 5.64. The van der Waals surface area contributed by atoms with Gasteiger partial charge in [0.15, 0.2) is 11.5 Å². The number of carboxylic acid groups (broad SMARTS) is 2. The zero-order valence-corrected chi connectivity index (χ0v) is 21.4. The minimum absolute atomic E-state index is 0.0436. The molecule has 0 saturated carbocycles. The molecule has 1 fully saturated rings. The van der Waals surface area contributed by atoms with E-state index in [2.05, 4.69) is 28.0 Å². The number of ether oxygens (including phenoxy) is 3. The van der Waals surface area contributed by atoms with Crippen molar-refractivity contribution in [3.05, 3.63) is 77.9 Å². The first-order chi connectivity index (χ1) is 18.3. The molecule has 1 aliphatic heterocycles. The van der Waals surface area contributed by atoms with E-state index in [0.29, 0.717) is 11.5 Å². The maximum atomic E-state index is 10.1. The molecule has 0 amide bonds. The lowest BCUT2D eigenvalue weighted by atomic mass is 10.1. The van der Waals surface area contributed by atoms with E-state index in [1.165, 1.54) is 5.56 Å². The summed E-state index contributed by atoms with van der Waals surface area (Å²) in [6, 6.07) is 21.9. The molecule has 1 heterocycles. The second-order valence-electron chi connectivity index (χ2n) is 8.57. The van der Waals surface area contributed by atoms with Crippen molar-refractivity contribution in [1.82, 2.24) is 9.80 Å². The summed E-state index contributed by atoms with van der Waals surface area (Å²) in [5.41, 5.74) is 2.32. The number of carboxylic acids is 2. The Balaban J connectivity index is 0.000000599. The Morgan fingerprint density at radius 1 is 0.711 bits per heavy atom. The molecule has 0 radical (unpaired) electrons. The van der Waals surface area contributed by atoms with E-state index in [9.17, 15) is 5.11 Å². The number of phenolic OH excluding ortho intramolecular Hbond substituents is 1. The number of carbonyl (C=O) groups is 2. The van der Waals surface area contributed by atoms with Crippen LogP contribution < -0.4 is 14.2 Å². The highest BCUT2D eigenvalue weighted by atomic mass is 16.5. The highest BCUT2D eigenvalue weighted by molar-refractivity contribution is 6.27. The summed E-state index contributed by atoms with van der Waals surface area (Å²) in [5, 5.41) is 24.9. The van der Waals surface area contributed by atoms with E-state index in [1.54, 1.807) is 14.2 Å². The van der Waals surface area contributed by atoms with E-state index >= 15 is 0 Å². The van der Waals surface area contributed by atoms with Gasteiger partial charge in [-0.05, 0) is 47.5 Å². The summed E-state index contributed by atoms with van der Waals surface area (Å²) in [5.74, 6) is -1.01. The molecule has 0 atom stereocenters. The predicted octanol–water partition coefficient (Wildman–Crippen LogP) is 3.68. The average Bonchev–Trinajstić information content (AvgIpc) is 2.91. The van der Waals surface area contributed by atoms with Crippen molar-refractivity contribution >= 4 is 11.9 Å². The lowest BCUT2D eigenvalue weighted by Crippen LogP contribution is -2.45. The van der Waals surface area contributed by atoms with Gasteiger partial charge in [-0.1, -0.05) is 30.3 Å². The van der Waals surface area contributed by atoms with Gasteiger partial charge in [-0.15, -0.1) is 0 Å². The molecule has 3 aromatic rings. The molecule has 3 aromatic carbocycles. The molecule has 1 saturated heterocycles. The molecule has 4 rings (SSSR count). The first-order valence-electron chi connectivity index (χ1n) is 12.0. The Labute approximate surface area is 221 Å². The number of rotatable bonds is 8. The summed E-state index contributed by atoms with van der Waals surface area (Å²) < 4.78 is 16.5. The van der Waals surface area contributed by atoms with Crippen molar-refractivity contribution in [3.63, 3.8) is 0 Å². The van der Waals surface area contributed by atoms with Crippen molar-refractivity contribution in [2.24, 2.45) is 0 Å². The smallest absolute Gasteiger partial charge is 0.414 e. The zero-order chi connectivity index (χ0) is 27.5. The normalized spacial score (nSPS) is 13.6. The molecule has 10 heteroatoms. The standard InChI is InChI=1S/C26H30N2O4.C2H2O4/c1-30-24-16-21(17-25(31-2)26(24)29)19-28-13-11-27(12-14-28)18-20-7-6-10-23(15-20)32-22-8-4-3-5-9-22;3-1(4)2(5)6/h3-10,15-17,29H,11-14,18-19H2,1-2H3;(H,3,4)(H,5,6). The lowest BCUT2D eigenvalue weighted by Gasteiger charge is -2.34.